The fraction of sp³-hybridized carbons (Fsp3) is 0.294. The molecule has 0 aliphatic heterocycles. The molecule has 0 aromatic heterocycles. The van der Waals surface area contributed by atoms with Crippen LogP contribution >= 0.6 is 0 Å². The van der Waals surface area contributed by atoms with Crippen LogP contribution < -0.4 is 15.2 Å². The second-order valence-electron chi connectivity index (χ2n) is 4.84. The normalized spacial score (nSPS) is 12.0. The van der Waals surface area contributed by atoms with Crippen LogP contribution in [-0.2, 0) is 0 Å². The number of hydrogen-bond donors (Lipinski definition) is 1. The minimum Gasteiger partial charge on any atom is -0.490 e. The SMILES string of the molecule is CCCOc1ccccc1Oc1cccc(F)c1C(C)N. The van der Waals surface area contributed by atoms with Crippen LogP contribution in [0.25, 0.3) is 0 Å². The van der Waals surface area contributed by atoms with E-state index in [4.69, 9.17) is 15.2 Å². The Kier molecular flexibility index (Phi) is 5.17. The molecule has 0 amide bonds. The monoisotopic (exact) mass is 289 g/mol. The smallest absolute Gasteiger partial charge is 0.169 e. The third kappa shape index (κ3) is 3.73. The number of benzene rings is 2. The molecule has 0 bridgehead atoms. The van der Waals surface area contributed by atoms with E-state index in [0.29, 0.717) is 29.4 Å². The molecular formula is C17H20FNO2. The predicted octanol–water partition coefficient (Wildman–Crippen LogP) is 4.43. The third-order valence-electron chi connectivity index (χ3n) is 3.00. The second-order valence-corrected chi connectivity index (χ2v) is 4.84. The Balaban J connectivity index is 2.32. The second kappa shape index (κ2) is 7.09. The van der Waals surface area contributed by atoms with Crippen LogP contribution in [0.2, 0.25) is 0 Å². The molecule has 0 spiro atoms. The summed E-state index contributed by atoms with van der Waals surface area (Å²) in [4.78, 5) is 0. The van der Waals surface area contributed by atoms with E-state index in [1.807, 2.05) is 25.1 Å². The van der Waals surface area contributed by atoms with Gasteiger partial charge >= 0.3 is 0 Å². The molecule has 0 aliphatic carbocycles. The maximum absolute atomic E-state index is 13.9. The number of nitrogens with two attached hydrogens (primary N) is 1. The molecule has 2 aromatic rings. The van der Waals surface area contributed by atoms with Crippen molar-refractivity contribution < 1.29 is 13.9 Å². The van der Waals surface area contributed by atoms with Crippen molar-refractivity contribution in [3.8, 4) is 17.2 Å². The van der Waals surface area contributed by atoms with Gasteiger partial charge in [0.25, 0.3) is 0 Å². The van der Waals surface area contributed by atoms with Crippen molar-refractivity contribution in [1.82, 2.24) is 0 Å². The lowest BCUT2D eigenvalue weighted by Crippen LogP contribution is -2.09. The van der Waals surface area contributed by atoms with Crippen molar-refractivity contribution >= 4 is 0 Å². The number of halogens is 1. The first-order valence-electron chi connectivity index (χ1n) is 7.07. The Morgan fingerprint density at radius 2 is 1.71 bits per heavy atom. The summed E-state index contributed by atoms with van der Waals surface area (Å²) in [5, 5.41) is 0. The van der Waals surface area contributed by atoms with Crippen LogP contribution in [0.4, 0.5) is 4.39 Å². The van der Waals surface area contributed by atoms with Crippen molar-refractivity contribution in [2.75, 3.05) is 6.61 Å². The van der Waals surface area contributed by atoms with Crippen LogP contribution in [-0.4, -0.2) is 6.61 Å². The summed E-state index contributed by atoms with van der Waals surface area (Å²) in [7, 11) is 0. The van der Waals surface area contributed by atoms with E-state index < -0.39 is 6.04 Å². The molecule has 0 aliphatic rings. The van der Waals surface area contributed by atoms with Gasteiger partial charge < -0.3 is 15.2 Å². The Hall–Kier alpha value is -2.07. The summed E-state index contributed by atoms with van der Waals surface area (Å²) < 4.78 is 25.4. The molecule has 1 atom stereocenters. The first-order chi connectivity index (χ1) is 10.1. The summed E-state index contributed by atoms with van der Waals surface area (Å²) in [6, 6.07) is 11.6. The molecule has 2 aromatic carbocycles. The van der Waals surface area contributed by atoms with Crippen LogP contribution in [0.15, 0.2) is 42.5 Å². The molecule has 3 nitrogen and oxygen atoms in total. The lowest BCUT2D eigenvalue weighted by atomic mass is 10.1. The highest BCUT2D eigenvalue weighted by Crippen LogP contribution is 2.35. The van der Waals surface area contributed by atoms with Gasteiger partial charge in [0.15, 0.2) is 11.5 Å². The average Bonchev–Trinajstić information content (AvgIpc) is 2.46. The van der Waals surface area contributed by atoms with Crippen molar-refractivity contribution in [2.24, 2.45) is 5.73 Å². The van der Waals surface area contributed by atoms with Crippen molar-refractivity contribution in [1.29, 1.82) is 0 Å². The van der Waals surface area contributed by atoms with E-state index in [1.165, 1.54) is 6.07 Å². The standard InChI is InChI=1S/C17H20FNO2/c1-3-11-20-14-8-4-5-9-15(14)21-16-10-6-7-13(18)17(16)12(2)19/h4-10,12H,3,11,19H2,1-2H3. The summed E-state index contributed by atoms with van der Waals surface area (Å²) in [5.41, 5.74) is 6.20. The molecule has 21 heavy (non-hydrogen) atoms. The molecule has 0 saturated heterocycles. The first kappa shape index (κ1) is 15.3. The van der Waals surface area contributed by atoms with Crippen molar-refractivity contribution in [2.45, 2.75) is 26.3 Å². The summed E-state index contributed by atoms with van der Waals surface area (Å²) >= 11 is 0. The van der Waals surface area contributed by atoms with Gasteiger partial charge in [-0.25, -0.2) is 4.39 Å². The molecule has 0 saturated carbocycles. The van der Waals surface area contributed by atoms with Gasteiger partial charge in [0, 0.05) is 11.6 Å². The minimum atomic E-state index is -0.454. The van der Waals surface area contributed by atoms with Gasteiger partial charge in [0.05, 0.1) is 6.61 Å². The van der Waals surface area contributed by atoms with Crippen molar-refractivity contribution in [3.05, 3.63) is 53.8 Å². The van der Waals surface area contributed by atoms with Gasteiger partial charge in [-0.3, -0.25) is 0 Å². The van der Waals surface area contributed by atoms with E-state index in [1.54, 1.807) is 25.1 Å². The van der Waals surface area contributed by atoms with Crippen LogP contribution in [0.5, 0.6) is 17.2 Å². The van der Waals surface area contributed by atoms with Gasteiger partial charge in [-0.15, -0.1) is 0 Å². The van der Waals surface area contributed by atoms with E-state index in [2.05, 4.69) is 0 Å². The number of rotatable bonds is 6. The Morgan fingerprint density at radius 3 is 2.38 bits per heavy atom. The van der Waals surface area contributed by atoms with Gasteiger partial charge in [0.1, 0.15) is 11.6 Å². The molecule has 0 heterocycles. The first-order valence-corrected chi connectivity index (χ1v) is 7.07. The topological polar surface area (TPSA) is 44.5 Å². The van der Waals surface area contributed by atoms with Gasteiger partial charge in [-0.05, 0) is 37.6 Å². The number of hydrogen-bond acceptors (Lipinski definition) is 3. The molecule has 1 unspecified atom stereocenters. The largest absolute Gasteiger partial charge is 0.490 e. The zero-order valence-corrected chi connectivity index (χ0v) is 12.3. The van der Waals surface area contributed by atoms with Gasteiger partial charge in [-0.2, -0.15) is 0 Å². The number of ether oxygens (including phenoxy) is 2. The molecule has 112 valence electrons. The highest BCUT2D eigenvalue weighted by atomic mass is 19.1. The summed E-state index contributed by atoms with van der Waals surface area (Å²) in [6.07, 6.45) is 0.902. The fourth-order valence-electron chi connectivity index (χ4n) is 2.03. The minimum absolute atomic E-state index is 0.364. The molecule has 2 N–H and O–H groups in total. The zero-order valence-electron chi connectivity index (χ0n) is 12.3. The van der Waals surface area contributed by atoms with E-state index in [9.17, 15) is 4.39 Å². The molecule has 0 fully saturated rings. The lowest BCUT2D eigenvalue weighted by Gasteiger charge is -2.16. The zero-order chi connectivity index (χ0) is 15.2. The predicted molar refractivity (Wildman–Crippen MR) is 81.3 cm³/mol. The number of para-hydroxylation sites is 2. The van der Waals surface area contributed by atoms with E-state index in [-0.39, 0.29) is 5.82 Å². The third-order valence-corrected chi connectivity index (χ3v) is 3.00. The highest BCUT2D eigenvalue weighted by molar-refractivity contribution is 5.45. The average molecular weight is 289 g/mol. The quantitative estimate of drug-likeness (QED) is 0.855. The maximum atomic E-state index is 13.9. The fourth-order valence-corrected chi connectivity index (χ4v) is 2.03. The highest BCUT2D eigenvalue weighted by Gasteiger charge is 2.15. The molecule has 4 heteroatoms. The van der Waals surface area contributed by atoms with E-state index in [0.717, 1.165) is 6.42 Å². The van der Waals surface area contributed by atoms with Gasteiger partial charge in [0.2, 0.25) is 0 Å². The van der Waals surface area contributed by atoms with Crippen LogP contribution in [0.3, 0.4) is 0 Å². The Labute approximate surface area is 124 Å². The maximum Gasteiger partial charge on any atom is 0.169 e. The van der Waals surface area contributed by atoms with Crippen molar-refractivity contribution in [3.63, 3.8) is 0 Å². The Morgan fingerprint density at radius 1 is 1.05 bits per heavy atom. The van der Waals surface area contributed by atoms with E-state index >= 15 is 0 Å². The molecular weight excluding hydrogens is 269 g/mol. The molecule has 2 rings (SSSR count). The lowest BCUT2D eigenvalue weighted by molar-refractivity contribution is 0.301. The molecule has 0 radical (unpaired) electrons. The Bertz CT molecular complexity index is 599. The summed E-state index contributed by atoms with van der Waals surface area (Å²) in [6.45, 7) is 4.36. The van der Waals surface area contributed by atoms with Crippen LogP contribution in [0, 0.1) is 5.82 Å². The van der Waals surface area contributed by atoms with Crippen LogP contribution in [0.1, 0.15) is 31.9 Å². The summed E-state index contributed by atoms with van der Waals surface area (Å²) in [5.74, 6) is 1.24. The van der Waals surface area contributed by atoms with Gasteiger partial charge in [-0.1, -0.05) is 25.1 Å².